The van der Waals surface area contributed by atoms with Crippen molar-refractivity contribution in [1.29, 1.82) is 0 Å². The third-order valence-electron chi connectivity index (χ3n) is 3.17. The van der Waals surface area contributed by atoms with E-state index in [0.29, 0.717) is 5.13 Å². The Kier molecular flexibility index (Phi) is 3.38. The number of thiazole rings is 1. The molecule has 0 atom stereocenters. The molecule has 0 aliphatic rings. The van der Waals surface area contributed by atoms with Gasteiger partial charge in [0.2, 0.25) is 11.0 Å². The van der Waals surface area contributed by atoms with Crippen LogP contribution in [0.15, 0.2) is 32.8 Å². The molecule has 0 radical (unpaired) electrons. The lowest BCUT2D eigenvalue weighted by molar-refractivity contribution is 0.417. The molecule has 112 valence electrons. The van der Waals surface area contributed by atoms with Gasteiger partial charge < -0.3 is 5.11 Å². The fourth-order valence-electron chi connectivity index (χ4n) is 1.94. The molecule has 7 nitrogen and oxygen atoms in total. The van der Waals surface area contributed by atoms with Crippen molar-refractivity contribution in [1.82, 2.24) is 14.5 Å². The number of hydrogen-bond donors (Lipinski definition) is 2. The van der Waals surface area contributed by atoms with Crippen molar-refractivity contribution in [2.75, 3.05) is 0 Å². The van der Waals surface area contributed by atoms with Gasteiger partial charge in [0, 0.05) is 13.3 Å². The zero-order valence-corrected chi connectivity index (χ0v) is 12.6. The molecule has 2 N–H and O–H groups in total. The Morgan fingerprint density at radius 1 is 1.41 bits per heavy atom. The number of hydrogen-bond acceptors (Lipinski definition) is 6. The smallest absolute Gasteiger partial charge is 0.330 e. The third kappa shape index (κ3) is 2.44. The molecule has 0 unspecified atom stereocenters. The van der Waals surface area contributed by atoms with E-state index in [9.17, 15) is 14.7 Å². The highest BCUT2D eigenvalue weighted by Crippen LogP contribution is 2.28. The van der Waals surface area contributed by atoms with Crippen LogP contribution in [0.3, 0.4) is 0 Å². The second-order valence-corrected chi connectivity index (χ2v) is 5.79. The molecule has 0 saturated heterocycles. The molecule has 1 aromatic carbocycles. The van der Waals surface area contributed by atoms with Gasteiger partial charge in [-0.2, -0.15) is 0 Å². The SMILES string of the molecule is Cc1ccc2nc(N=Cc3c(O)n(C)c(=O)[nH]c3=O)sc2c1. The molecular formula is C14H12N4O3S. The van der Waals surface area contributed by atoms with E-state index in [1.165, 1.54) is 24.6 Å². The Hall–Kier alpha value is -2.74. The second kappa shape index (κ2) is 5.23. The maximum atomic E-state index is 11.7. The summed E-state index contributed by atoms with van der Waals surface area (Å²) in [5.74, 6) is -0.436. The van der Waals surface area contributed by atoms with Crippen LogP contribution >= 0.6 is 11.3 Å². The molecule has 0 amide bonds. The fourth-order valence-corrected chi connectivity index (χ4v) is 2.85. The number of fused-ring (bicyclic) bond motifs is 1. The van der Waals surface area contributed by atoms with Crippen LogP contribution in [0.4, 0.5) is 5.13 Å². The van der Waals surface area contributed by atoms with Gasteiger partial charge in [-0.3, -0.25) is 14.3 Å². The maximum Gasteiger partial charge on any atom is 0.330 e. The average Bonchev–Trinajstić information content (AvgIpc) is 2.86. The number of rotatable bonds is 2. The van der Waals surface area contributed by atoms with Gasteiger partial charge in [0.25, 0.3) is 5.56 Å². The summed E-state index contributed by atoms with van der Waals surface area (Å²) in [6, 6.07) is 5.86. The predicted molar refractivity (Wildman–Crippen MR) is 85.6 cm³/mol. The lowest BCUT2D eigenvalue weighted by Crippen LogP contribution is -2.30. The van der Waals surface area contributed by atoms with Crippen LogP contribution in [0.5, 0.6) is 5.88 Å². The molecule has 0 bridgehead atoms. The van der Waals surface area contributed by atoms with E-state index >= 15 is 0 Å². The Morgan fingerprint density at radius 2 is 2.18 bits per heavy atom. The van der Waals surface area contributed by atoms with Crippen molar-refractivity contribution >= 4 is 32.9 Å². The molecule has 2 heterocycles. The first-order valence-electron chi connectivity index (χ1n) is 6.39. The minimum Gasteiger partial charge on any atom is -0.494 e. The zero-order chi connectivity index (χ0) is 15.9. The van der Waals surface area contributed by atoms with Crippen LogP contribution in [0.1, 0.15) is 11.1 Å². The lowest BCUT2D eigenvalue weighted by atomic mass is 10.2. The summed E-state index contributed by atoms with van der Waals surface area (Å²) in [5.41, 5.74) is 0.481. The molecule has 8 heteroatoms. The van der Waals surface area contributed by atoms with Crippen molar-refractivity contribution in [3.8, 4) is 5.88 Å². The highest BCUT2D eigenvalue weighted by Gasteiger charge is 2.10. The van der Waals surface area contributed by atoms with E-state index in [0.717, 1.165) is 20.3 Å². The van der Waals surface area contributed by atoms with Crippen LogP contribution in [0.25, 0.3) is 10.2 Å². The number of aryl methyl sites for hydroxylation is 1. The normalized spacial score (nSPS) is 11.5. The summed E-state index contributed by atoms with van der Waals surface area (Å²) in [6.07, 6.45) is 1.21. The summed E-state index contributed by atoms with van der Waals surface area (Å²) in [5, 5.41) is 10.3. The van der Waals surface area contributed by atoms with Gasteiger partial charge >= 0.3 is 5.69 Å². The molecular weight excluding hydrogens is 304 g/mol. The van der Waals surface area contributed by atoms with Gasteiger partial charge in [-0.15, -0.1) is 0 Å². The fraction of sp³-hybridized carbons (Fsp3) is 0.143. The molecule has 0 fully saturated rings. The molecule has 0 aliphatic carbocycles. The Morgan fingerprint density at radius 3 is 2.95 bits per heavy atom. The number of aromatic amines is 1. The van der Waals surface area contributed by atoms with Crippen LogP contribution in [0.2, 0.25) is 0 Å². The Bertz CT molecular complexity index is 1010. The maximum absolute atomic E-state index is 11.7. The minimum atomic E-state index is -0.693. The molecule has 3 aromatic rings. The van der Waals surface area contributed by atoms with Crippen LogP contribution in [-0.4, -0.2) is 25.9 Å². The highest BCUT2D eigenvalue weighted by atomic mass is 32.1. The zero-order valence-electron chi connectivity index (χ0n) is 11.8. The van der Waals surface area contributed by atoms with Crippen LogP contribution < -0.4 is 11.2 Å². The van der Waals surface area contributed by atoms with E-state index in [2.05, 4.69) is 15.0 Å². The minimum absolute atomic E-state index is 0.0856. The molecule has 3 rings (SSSR count). The average molecular weight is 316 g/mol. The largest absolute Gasteiger partial charge is 0.494 e. The number of H-pyrrole nitrogens is 1. The van der Waals surface area contributed by atoms with Gasteiger partial charge in [0.1, 0.15) is 5.56 Å². The molecule has 0 saturated carbocycles. The Balaban J connectivity index is 2.05. The van der Waals surface area contributed by atoms with E-state index < -0.39 is 17.1 Å². The van der Waals surface area contributed by atoms with Gasteiger partial charge in [0.05, 0.1) is 10.2 Å². The summed E-state index contributed by atoms with van der Waals surface area (Å²) in [4.78, 5) is 33.6. The van der Waals surface area contributed by atoms with Crippen molar-refractivity contribution < 1.29 is 5.11 Å². The molecule has 0 spiro atoms. The monoisotopic (exact) mass is 316 g/mol. The summed E-state index contributed by atoms with van der Waals surface area (Å²) in [6.45, 7) is 1.99. The highest BCUT2D eigenvalue weighted by molar-refractivity contribution is 7.22. The summed E-state index contributed by atoms with van der Waals surface area (Å²) in [7, 11) is 1.35. The second-order valence-electron chi connectivity index (χ2n) is 4.78. The van der Waals surface area contributed by atoms with E-state index in [1.807, 2.05) is 25.1 Å². The summed E-state index contributed by atoms with van der Waals surface area (Å²) >= 11 is 1.38. The molecule has 22 heavy (non-hydrogen) atoms. The number of nitrogens with one attached hydrogen (secondary N) is 1. The predicted octanol–water partition coefficient (Wildman–Crippen LogP) is 1.45. The lowest BCUT2D eigenvalue weighted by Gasteiger charge is -2.02. The molecule has 0 aliphatic heterocycles. The van der Waals surface area contributed by atoms with Gasteiger partial charge in [-0.05, 0) is 24.6 Å². The number of aliphatic imine (C=N–C) groups is 1. The van der Waals surface area contributed by atoms with Crippen molar-refractivity contribution in [3.63, 3.8) is 0 Å². The third-order valence-corrected chi connectivity index (χ3v) is 4.09. The van der Waals surface area contributed by atoms with E-state index in [-0.39, 0.29) is 5.56 Å². The first kappa shape index (κ1) is 14.2. The van der Waals surface area contributed by atoms with Crippen molar-refractivity contribution in [2.45, 2.75) is 6.92 Å². The first-order chi connectivity index (χ1) is 10.5. The number of aromatic hydroxyl groups is 1. The van der Waals surface area contributed by atoms with E-state index in [4.69, 9.17) is 0 Å². The van der Waals surface area contributed by atoms with E-state index in [1.54, 1.807) is 0 Å². The van der Waals surface area contributed by atoms with Gasteiger partial charge in [-0.1, -0.05) is 17.4 Å². The van der Waals surface area contributed by atoms with Crippen LogP contribution in [0, 0.1) is 6.92 Å². The van der Waals surface area contributed by atoms with Gasteiger partial charge in [-0.25, -0.2) is 14.8 Å². The first-order valence-corrected chi connectivity index (χ1v) is 7.21. The van der Waals surface area contributed by atoms with Gasteiger partial charge in [0.15, 0.2) is 0 Å². The number of nitrogens with zero attached hydrogens (tertiary/aromatic N) is 3. The topological polar surface area (TPSA) is 100 Å². The Labute approximate surface area is 128 Å². The number of aromatic nitrogens is 3. The number of benzene rings is 1. The van der Waals surface area contributed by atoms with Crippen molar-refractivity contribution in [2.24, 2.45) is 12.0 Å². The quantitative estimate of drug-likeness (QED) is 0.699. The summed E-state index contributed by atoms with van der Waals surface area (Å²) < 4.78 is 1.93. The van der Waals surface area contributed by atoms with Crippen molar-refractivity contribution in [3.05, 3.63) is 50.2 Å². The van der Waals surface area contributed by atoms with Crippen LogP contribution in [-0.2, 0) is 7.05 Å². The standard InChI is InChI=1S/C14H12N4O3S/c1-7-3-4-9-10(5-7)22-13(16-9)15-6-8-11(19)17-14(21)18(2)12(8)20/h3-6,20H,1-2H3,(H,17,19,21). The molecule has 2 aromatic heterocycles.